The van der Waals surface area contributed by atoms with Gasteiger partial charge in [-0.05, 0) is 31.5 Å². The van der Waals surface area contributed by atoms with E-state index in [0.29, 0.717) is 13.2 Å². The summed E-state index contributed by atoms with van der Waals surface area (Å²) in [5.74, 6) is 0.730. The van der Waals surface area contributed by atoms with E-state index in [1.165, 1.54) is 0 Å². The second kappa shape index (κ2) is 8.82. The van der Waals surface area contributed by atoms with Crippen LogP contribution in [0.1, 0.15) is 19.4 Å². The maximum Gasteiger partial charge on any atom is 0.226 e. The molecule has 0 heterocycles. The van der Waals surface area contributed by atoms with E-state index in [1.54, 1.807) is 11.9 Å². The van der Waals surface area contributed by atoms with Gasteiger partial charge in [-0.25, -0.2) is 0 Å². The minimum absolute atomic E-state index is 0. The SMILES string of the molecule is Cc1cccc(OCCN(C)C(=O)C(C)C(C)N)c1.Cl. The van der Waals surface area contributed by atoms with Crippen molar-refractivity contribution < 1.29 is 9.53 Å². The molecule has 0 aliphatic carbocycles. The lowest BCUT2D eigenvalue weighted by atomic mass is 10.0. The lowest BCUT2D eigenvalue weighted by Crippen LogP contribution is -2.41. The number of ether oxygens (including phenoxy) is 1. The Hall–Kier alpha value is -1.26. The van der Waals surface area contributed by atoms with Gasteiger partial charge >= 0.3 is 0 Å². The minimum atomic E-state index is -0.163. The van der Waals surface area contributed by atoms with Gasteiger partial charge in [-0.1, -0.05) is 19.1 Å². The van der Waals surface area contributed by atoms with Gasteiger partial charge in [-0.3, -0.25) is 4.79 Å². The first kappa shape index (κ1) is 18.7. The summed E-state index contributed by atoms with van der Waals surface area (Å²) in [6.45, 7) is 6.76. The molecular weight excluding hydrogens is 276 g/mol. The van der Waals surface area contributed by atoms with Crippen LogP contribution in [0.15, 0.2) is 24.3 Å². The van der Waals surface area contributed by atoms with Crippen molar-refractivity contribution in [2.24, 2.45) is 11.7 Å². The normalized spacial score (nSPS) is 13.1. The predicted molar refractivity (Wildman–Crippen MR) is 84.4 cm³/mol. The molecule has 0 saturated carbocycles. The van der Waals surface area contributed by atoms with Gasteiger partial charge in [0.05, 0.1) is 12.5 Å². The zero-order valence-electron chi connectivity index (χ0n) is 12.6. The highest BCUT2D eigenvalue weighted by atomic mass is 35.5. The summed E-state index contributed by atoms with van der Waals surface area (Å²) < 4.78 is 5.62. The summed E-state index contributed by atoms with van der Waals surface area (Å²) in [5.41, 5.74) is 6.89. The third kappa shape index (κ3) is 5.80. The summed E-state index contributed by atoms with van der Waals surface area (Å²) in [6, 6.07) is 7.74. The smallest absolute Gasteiger partial charge is 0.226 e. The maximum atomic E-state index is 12.0. The van der Waals surface area contributed by atoms with Gasteiger partial charge in [0.1, 0.15) is 12.4 Å². The molecule has 1 amide bonds. The molecule has 114 valence electrons. The number of nitrogens with two attached hydrogens (primary N) is 1. The molecule has 0 fully saturated rings. The molecule has 0 saturated heterocycles. The fourth-order valence-electron chi connectivity index (χ4n) is 1.69. The number of nitrogens with zero attached hydrogens (tertiary/aromatic N) is 1. The van der Waals surface area contributed by atoms with Crippen molar-refractivity contribution in [3.8, 4) is 5.75 Å². The highest BCUT2D eigenvalue weighted by Crippen LogP contribution is 2.12. The Bertz CT molecular complexity index is 424. The van der Waals surface area contributed by atoms with Gasteiger partial charge in [0.2, 0.25) is 5.91 Å². The maximum absolute atomic E-state index is 12.0. The molecule has 1 aromatic carbocycles. The monoisotopic (exact) mass is 300 g/mol. The molecule has 1 rings (SSSR count). The van der Waals surface area contributed by atoms with E-state index in [1.807, 2.05) is 45.0 Å². The first-order chi connectivity index (χ1) is 8.91. The average molecular weight is 301 g/mol. The van der Waals surface area contributed by atoms with Crippen molar-refractivity contribution >= 4 is 18.3 Å². The van der Waals surface area contributed by atoms with Crippen LogP contribution < -0.4 is 10.5 Å². The molecule has 2 N–H and O–H groups in total. The molecule has 2 unspecified atom stereocenters. The number of carbonyl (C=O) groups excluding carboxylic acids is 1. The van der Waals surface area contributed by atoms with Crippen LogP contribution in [0.3, 0.4) is 0 Å². The van der Waals surface area contributed by atoms with Crippen LogP contribution in [-0.4, -0.2) is 37.0 Å². The first-order valence-electron chi connectivity index (χ1n) is 6.62. The number of halogens is 1. The van der Waals surface area contributed by atoms with E-state index in [4.69, 9.17) is 10.5 Å². The van der Waals surface area contributed by atoms with Crippen molar-refractivity contribution in [2.75, 3.05) is 20.2 Å². The molecule has 4 nitrogen and oxygen atoms in total. The number of hydrogen-bond acceptors (Lipinski definition) is 3. The molecule has 1 aromatic rings. The van der Waals surface area contributed by atoms with Crippen LogP contribution in [0.2, 0.25) is 0 Å². The fraction of sp³-hybridized carbons (Fsp3) is 0.533. The number of rotatable bonds is 6. The molecule has 0 aromatic heterocycles. The topological polar surface area (TPSA) is 55.6 Å². The third-order valence-electron chi connectivity index (χ3n) is 3.24. The van der Waals surface area contributed by atoms with Crippen molar-refractivity contribution in [3.63, 3.8) is 0 Å². The number of likely N-dealkylation sites (N-methyl/N-ethyl adjacent to an activating group) is 1. The molecule has 0 aliphatic heterocycles. The van der Waals surface area contributed by atoms with Crippen LogP contribution in [0.4, 0.5) is 0 Å². The van der Waals surface area contributed by atoms with Crippen LogP contribution in [0, 0.1) is 12.8 Å². The summed E-state index contributed by atoms with van der Waals surface area (Å²) in [6.07, 6.45) is 0. The lowest BCUT2D eigenvalue weighted by molar-refractivity contribution is -0.134. The summed E-state index contributed by atoms with van der Waals surface area (Å²) in [4.78, 5) is 13.6. The van der Waals surface area contributed by atoms with Gasteiger partial charge in [0.15, 0.2) is 0 Å². The third-order valence-corrected chi connectivity index (χ3v) is 3.24. The zero-order valence-corrected chi connectivity index (χ0v) is 13.4. The molecule has 2 atom stereocenters. The van der Waals surface area contributed by atoms with E-state index in [9.17, 15) is 4.79 Å². The van der Waals surface area contributed by atoms with Gasteiger partial charge in [0, 0.05) is 13.1 Å². The second-order valence-corrected chi connectivity index (χ2v) is 5.07. The zero-order chi connectivity index (χ0) is 14.4. The van der Waals surface area contributed by atoms with Crippen molar-refractivity contribution in [1.82, 2.24) is 4.90 Å². The largest absolute Gasteiger partial charge is 0.492 e. The molecule has 5 heteroatoms. The van der Waals surface area contributed by atoms with Gasteiger partial charge < -0.3 is 15.4 Å². The number of hydrogen-bond donors (Lipinski definition) is 1. The Morgan fingerprint density at radius 1 is 1.40 bits per heavy atom. The standard InChI is InChI=1S/C15H24N2O2.ClH/c1-11-6-5-7-14(10-11)19-9-8-17(4)15(18)12(2)13(3)16;/h5-7,10,12-13H,8-9,16H2,1-4H3;1H. The second-order valence-electron chi connectivity index (χ2n) is 5.07. The van der Waals surface area contributed by atoms with E-state index in [2.05, 4.69) is 0 Å². The summed E-state index contributed by atoms with van der Waals surface area (Å²) >= 11 is 0. The number of aryl methyl sites for hydroxylation is 1. The molecule has 0 aliphatic rings. The first-order valence-corrected chi connectivity index (χ1v) is 6.62. The van der Waals surface area contributed by atoms with Gasteiger partial charge in [0.25, 0.3) is 0 Å². The van der Waals surface area contributed by atoms with Gasteiger partial charge in [-0.2, -0.15) is 0 Å². The molecular formula is C15H25ClN2O2. The Balaban J connectivity index is 0.00000361. The van der Waals surface area contributed by atoms with Gasteiger partial charge in [-0.15, -0.1) is 12.4 Å². The molecule has 0 bridgehead atoms. The summed E-state index contributed by atoms with van der Waals surface area (Å²) in [7, 11) is 1.78. The van der Waals surface area contributed by atoms with E-state index < -0.39 is 0 Å². The average Bonchev–Trinajstić information content (AvgIpc) is 2.36. The van der Waals surface area contributed by atoms with E-state index in [-0.39, 0.29) is 30.3 Å². The lowest BCUT2D eigenvalue weighted by Gasteiger charge is -2.23. The Morgan fingerprint density at radius 2 is 2.05 bits per heavy atom. The quantitative estimate of drug-likeness (QED) is 0.876. The summed E-state index contributed by atoms with van der Waals surface area (Å²) in [5, 5.41) is 0. The van der Waals surface area contributed by atoms with E-state index in [0.717, 1.165) is 11.3 Å². The van der Waals surface area contributed by atoms with Crippen LogP contribution in [0.25, 0.3) is 0 Å². The number of benzene rings is 1. The number of carbonyl (C=O) groups is 1. The minimum Gasteiger partial charge on any atom is -0.492 e. The number of amides is 1. The fourth-order valence-corrected chi connectivity index (χ4v) is 1.69. The van der Waals surface area contributed by atoms with Crippen LogP contribution >= 0.6 is 12.4 Å². The molecule has 0 radical (unpaired) electrons. The van der Waals surface area contributed by atoms with Crippen LogP contribution in [-0.2, 0) is 4.79 Å². The van der Waals surface area contributed by atoms with Crippen molar-refractivity contribution in [3.05, 3.63) is 29.8 Å². The molecule has 20 heavy (non-hydrogen) atoms. The van der Waals surface area contributed by atoms with Crippen molar-refractivity contribution in [1.29, 1.82) is 0 Å². The van der Waals surface area contributed by atoms with E-state index >= 15 is 0 Å². The Morgan fingerprint density at radius 3 is 2.60 bits per heavy atom. The molecule has 0 spiro atoms. The highest BCUT2D eigenvalue weighted by molar-refractivity contribution is 5.85. The van der Waals surface area contributed by atoms with Crippen LogP contribution in [0.5, 0.6) is 5.75 Å². The Kier molecular flexibility index (Phi) is 8.26. The highest BCUT2D eigenvalue weighted by Gasteiger charge is 2.20. The predicted octanol–water partition coefficient (Wildman–Crippen LogP) is 2.24. The van der Waals surface area contributed by atoms with Crippen molar-refractivity contribution in [2.45, 2.75) is 26.8 Å². The Labute approximate surface area is 127 Å².